The molecule has 1 unspecified atom stereocenters. The average molecular weight is 298 g/mol. The number of hydrogen-bond acceptors (Lipinski definition) is 3. The molecule has 5 nitrogen and oxygen atoms in total. The summed E-state index contributed by atoms with van der Waals surface area (Å²) < 4.78 is 1.89. The summed E-state index contributed by atoms with van der Waals surface area (Å²) in [6.45, 7) is 4.28. The Labute approximate surface area is 130 Å². The molecular weight excluding hydrogens is 276 g/mol. The van der Waals surface area contributed by atoms with Crippen LogP contribution in [0.1, 0.15) is 23.2 Å². The largest absolute Gasteiger partial charge is 0.337 e. The highest BCUT2D eigenvalue weighted by molar-refractivity contribution is 5.79. The summed E-state index contributed by atoms with van der Waals surface area (Å²) in [5, 5.41) is 7.73. The van der Waals surface area contributed by atoms with Crippen LogP contribution in [0.25, 0.3) is 0 Å². The summed E-state index contributed by atoms with van der Waals surface area (Å²) in [6.07, 6.45) is 2.45. The lowest BCUT2D eigenvalue weighted by atomic mass is 10.2. The molecule has 1 amide bonds. The van der Waals surface area contributed by atoms with Gasteiger partial charge in [0.15, 0.2) is 0 Å². The fourth-order valence-electron chi connectivity index (χ4n) is 2.93. The van der Waals surface area contributed by atoms with E-state index in [1.165, 1.54) is 16.8 Å². The minimum Gasteiger partial charge on any atom is -0.337 e. The fourth-order valence-corrected chi connectivity index (χ4v) is 2.93. The summed E-state index contributed by atoms with van der Waals surface area (Å²) in [6, 6.07) is 10.4. The molecule has 1 fully saturated rings. The molecule has 22 heavy (non-hydrogen) atoms. The summed E-state index contributed by atoms with van der Waals surface area (Å²) in [4.78, 5) is 14.1. The Kier molecular flexibility index (Phi) is 4.24. The lowest BCUT2D eigenvalue weighted by molar-refractivity contribution is -0.128. The second-order valence-electron chi connectivity index (χ2n) is 5.94. The topological polar surface area (TPSA) is 50.2 Å². The fraction of sp³-hybridized carbons (Fsp3) is 0.412. The van der Waals surface area contributed by atoms with Crippen molar-refractivity contribution in [2.45, 2.75) is 32.5 Å². The molecule has 3 rings (SSSR count). The molecular formula is C17H22N4O. The predicted octanol–water partition coefficient (Wildman–Crippen LogP) is 1.62. The number of benzene rings is 1. The average Bonchev–Trinajstić information content (AvgIpc) is 3.02. The van der Waals surface area contributed by atoms with E-state index in [0.717, 1.165) is 13.1 Å². The van der Waals surface area contributed by atoms with E-state index >= 15 is 0 Å². The summed E-state index contributed by atoms with van der Waals surface area (Å²) in [5.74, 6) is 0.225. The van der Waals surface area contributed by atoms with Crippen LogP contribution in [0.5, 0.6) is 0 Å². The van der Waals surface area contributed by atoms with E-state index in [-0.39, 0.29) is 11.9 Å². The van der Waals surface area contributed by atoms with E-state index in [1.807, 2.05) is 41.0 Å². The number of aryl methyl sites for hydroxylation is 2. The van der Waals surface area contributed by atoms with E-state index in [4.69, 9.17) is 0 Å². The van der Waals surface area contributed by atoms with Crippen molar-refractivity contribution >= 4 is 5.91 Å². The highest BCUT2D eigenvalue weighted by Crippen LogP contribution is 2.16. The third kappa shape index (κ3) is 3.20. The Hall–Kier alpha value is -2.14. The molecule has 1 aliphatic rings. The third-order valence-electron chi connectivity index (χ3n) is 4.26. The molecule has 0 saturated carbocycles. The number of rotatable bonds is 5. The maximum atomic E-state index is 12.2. The van der Waals surface area contributed by atoms with Crippen molar-refractivity contribution in [1.82, 2.24) is 20.0 Å². The van der Waals surface area contributed by atoms with E-state index in [1.54, 1.807) is 0 Å². The minimum atomic E-state index is 0.213. The van der Waals surface area contributed by atoms with Crippen LogP contribution in [-0.2, 0) is 24.9 Å². The molecule has 1 saturated heterocycles. The van der Waals surface area contributed by atoms with Gasteiger partial charge in [0.1, 0.15) is 0 Å². The van der Waals surface area contributed by atoms with E-state index < -0.39 is 0 Å². The van der Waals surface area contributed by atoms with Gasteiger partial charge in [0.2, 0.25) is 5.91 Å². The molecule has 1 atom stereocenters. The van der Waals surface area contributed by atoms with E-state index in [2.05, 4.69) is 29.5 Å². The van der Waals surface area contributed by atoms with Gasteiger partial charge in [-0.05, 0) is 18.1 Å². The normalized spacial score (nSPS) is 18.2. The quantitative estimate of drug-likeness (QED) is 0.912. The Morgan fingerprint density at radius 1 is 1.32 bits per heavy atom. The van der Waals surface area contributed by atoms with Gasteiger partial charge < -0.3 is 10.2 Å². The van der Waals surface area contributed by atoms with Crippen molar-refractivity contribution in [1.29, 1.82) is 0 Å². The number of nitrogens with one attached hydrogen (secondary N) is 1. The van der Waals surface area contributed by atoms with Gasteiger partial charge in [0.05, 0.1) is 11.9 Å². The first-order valence-corrected chi connectivity index (χ1v) is 7.66. The molecule has 1 aromatic carbocycles. The van der Waals surface area contributed by atoms with Gasteiger partial charge in [0, 0.05) is 39.1 Å². The zero-order valence-electron chi connectivity index (χ0n) is 13.1. The zero-order chi connectivity index (χ0) is 15.5. The maximum absolute atomic E-state index is 12.2. The van der Waals surface area contributed by atoms with Crippen LogP contribution < -0.4 is 5.32 Å². The van der Waals surface area contributed by atoms with Crippen molar-refractivity contribution in [3.05, 3.63) is 53.3 Å². The number of hydrogen-bond donors (Lipinski definition) is 1. The Morgan fingerprint density at radius 2 is 2.09 bits per heavy atom. The van der Waals surface area contributed by atoms with Crippen molar-refractivity contribution in [2.24, 2.45) is 7.05 Å². The standard InChI is InChI=1S/C17H22N4O/c1-13-9-19-20(2)16(13)10-18-15-8-17(22)21(12-15)11-14-6-4-3-5-7-14/h3-7,9,15,18H,8,10-12H2,1-2H3. The predicted molar refractivity (Wildman–Crippen MR) is 85.0 cm³/mol. The van der Waals surface area contributed by atoms with Crippen LogP contribution in [0.4, 0.5) is 0 Å². The van der Waals surface area contributed by atoms with Gasteiger partial charge in [-0.25, -0.2) is 0 Å². The zero-order valence-corrected chi connectivity index (χ0v) is 13.1. The molecule has 1 aliphatic heterocycles. The number of nitrogens with zero attached hydrogens (tertiary/aromatic N) is 3. The second-order valence-corrected chi connectivity index (χ2v) is 5.94. The van der Waals surface area contributed by atoms with Crippen LogP contribution in [0.3, 0.4) is 0 Å². The number of carbonyl (C=O) groups is 1. The van der Waals surface area contributed by atoms with Crippen molar-refractivity contribution in [3.63, 3.8) is 0 Å². The smallest absolute Gasteiger partial charge is 0.224 e. The van der Waals surface area contributed by atoms with Crippen molar-refractivity contribution < 1.29 is 4.79 Å². The first-order chi connectivity index (χ1) is 10.6. The number of likely N-dealkylation sites (tertiary alicyclic amines) is 1. The van der Waals surface area contributed by atoms with Crippen LogP contribution in [-0.4, -0.2) is 33.2 Å². The van der Waals surface area contributed by atoms with Crippen LogP contribution >= 0.6 is 0 Å². The first kappa shape index (κ1) is 14.8. The van der Waals surface area contributed by atoms with Gasteiger partial charge >= 0.3 is 0 Å². The third-order valence-corrected chi connectivity index (χ3v) is 4.26. The first-order valence-electron chi connectivity index (χ1n) is 7.66. The van der Waals surface area contributed by atoms with Gasteiger partial charge in [-0.1, -0.05) is 30.3 Å². The highest BCUT2D eigenvalue weighted by atomic mass is 16.2. The van der Waals surface area contributed by atoms with Gasteiger partial charge in [0.25, 0.3) is 0 Å². The lowest BCUT2D eigenvalue weighted by Gasteiger charge is -2.17. The van der Waals surface area contributed by atoms with E-state index in [9.17, 15) is 4.79 Å². The van der Waals surface area contributed by atoms with Crippen molar-refractivity contribution in [2.75, 3.05) is 6.54 Å². The molecule has 2 aromatic rings. The molecule has 0 bridgehead atoms. The summed E-state index contributed by atoms with van der Waals surface area (Å²) in [7, 11) is 1.95. The summed E-state index contributed by atoms with van der Waals surface area (Å²) >= 11 is 0. The lowest BCUT2D eigenvalue weighted by Crippen LogP contribution is -2.32. The van der Waals surface area contributed by atoms with Crippen LogP contribution in [0, 0.1) is 6.92 Å². The summed E-state index contributed by atoms with van der Waals surface area (Å²) in [5.41, 5.74) is 3.54. The number of aromatic nitrogens is 2. The number of amides is 1. The minimum absolute atomic E-state index is 0.213. The van der Waals surface area contributed by atoms with Gasteiger partial charge in [-0.15, -0.1) is 0 Å². The van der Waals surface area contributed by atoms with Gasteiger partial charge in [-0.2, -0.15) is 5.10 Å². The molecule has 0 aliphatic carbocycles. The van der Waals surface area contributed by atoms with Crippen molar-refractivity contribution in [3.8, 4) is 0 Å². The van der Waals surface area contributed by atoms with E-state index in [0.29, 0.717) is 13.0 Å². The van der Waals surface area contributed by atoms with Crippen LogP contribution in [0.2, 0.25) is 0 Å². The molecule has 0 radical (unpaired) electrons. The Morgan fingerprint density at radius 3 is 2.77 bits per heavy atom. The molecule has 0 spiro atoms. The number of carbonyl (C=O) groups excluding carboxylic acids is 1. The maximum Gasteiger partial charge on any atom is 0.224 e. The van der Waals surface area contributed by atoms with Gasteiger partial charge in [-0.3, -0.25) is 9.48 Å². The highest BCUT2D eigenvalue weighted by Gasteiger charge is 2.29. The Bertz CT molecular complexity index is 630. The molecule has 1 N–H and O–H groups in total. The molecule has 1 aromatic heterocycles. The SMILES string of the molecule is Cc1cnn(C)c1CNC1CC(=O)N(Cc2ccccc2)C1. The second kappa shape index (κ2) is 6.32. The molecule has 5 heteroatoms. The van der Waals surface area contributed by atoms with Crippen LogP contribution in [0.15, 0.2) is 36.5 Å². The monoisotopic (exact) mass is 298 g/mol. The molecule has 2 heterocycles. The molecule has 116 valence electrons. The Balaban J connectivity index is 1.56.